The second kappa shape index (κ2) is 6.75. The Kier molecular flexibility index (Phi) is 4.77. The van der Waals surface area contributed by atoms with Gasteiger partial charge in [-0.2, -0.15) is 0 Å². The van der Waals surface area contributed by atoms with E-state index in [1.54, 1.807) is 14.0 Å². The third-order valence-corrected chi connectivity index (χ3v) is 3.02. The molecule has 0 atom stereocenters. The van der Waals surface area contributed by atoms with E-state index in [2.05, 4.69) is 0 Å². The predicted octanol–water partition coefficient (Wildman–Crippen LogP) is 3.81. The lowest BCUT2D eigenvalue weighted by Gasteiger charge is -2.07. The van der Waals surface area contributed by atoms with Crippen molar-refractivity contribution in [3.8, 4) is 5.75 Å². The Bertz CT molecular complexity index is 629. The van der Waals surface area contributed by atoms with E-state index in [0.717, 1.165) is 22.1 Å². The van der Waals surface area contributed by atoms with Gasteiger partial charge in [-0.15, -0.1) is 0 Å². The maximum absolute atomic E-state index is 11.3. The number of rotatable bonds is 5. The smallest absolute Gasteiger partial charge is 0.309 e. The number of hydrogen-bond donors (Lipinski definition) is 0. The molecule has 3 heteroatoms. The summed E-state index contributed by atoms with van der Waals surface area (Å²) in [5.41, 5.74) is 1.06. The van der Waals surface area contributed by atoms with E-state index in [1.165, 1.54) is 0 Å². The van der Waals surface area contributed by atoms with E-state index in [4.69, 9.17) is 9.47 Å². The molecule has 0 saturated heterocycles. The Morgan fingerprint density at radius 2 is 1.90 bits per heavy atom. The highest BCUT2D eigenvalue weighted by Crippen LogP contribution is 2.28. The lowest BCUT2D eigenvalue weighted by Crippen LogP contribution is -2.01. The fourth-order valence-electron chi connectivity index (χ4n) is 2.12. The van der Waals surface area contributed by atoms with Gasteiger partial charge in [0.2, 0.25) is 0 Å². The van der Waals surface area contributed by atoms with Crippen molar-refractivity contribution in [1.29, 1.82) is 0 Å². The lowest BCUT2D eigenvalue weighted by molar-refractivity contribution is -0.142. The number of hydrogen-bond acceptors (Lipinski definition) is 3. The molecule has 3 nitrogen and oxygen atoms in total. The van der Waals surface area contributed by atoms with Gasteiger partial charge in [-0.1, -0.05) is 42.5 Å². The second-order valence-corrected chi connectivity index (χ2v) is 4.31. The average molecular weight is 270 g/mol. The van der Waals surface area contributed by atoms with Crippen molar-refractivity contribution in [3.05, 3.63) is 48.0 Å². The molecule has 0 fully saturated rings. The zero-order valence-electron chi connectivity index (χ0n) is 11.8. The first-order valence-corrected chi connectivity index (χ1v) is 6.64. The normalized spacial score (nSPS) is 10.9. The minimum Gasteiger partial charge on any atom is -0.496 e. The summed E-state index contributed by atoms with van der Waals surface area (Å²) in [6.07, 6.45) is 4.05. The summed E-state index contributed by atoms with van der Waals surface area (Å²) in [5.74, 6) is 0.643. The molecule has 0 amide bonds. The van der Waals surface area contributed by atoms with Crippen molar-refractivity contribution in [2.45, 2.75) is 13.3 Å². The molecule has 0 aliphatic carbocycles. The number of methoxy groups -OCH3 is 1. The number of ether oxygens (including phenoxy) is 2. The fraction of sp³-hybridized carbons (Fsp3) is 0.235. The van der Waals surface area contributed by atoms with Gasteiger partial charge in [0.25, 0.3) is 0 Å². The molecule has 104 valence electrons. The minimum atomic E-state index is -0.207. The molecular formula is C17H18O3. The first-order valence-electron chi connectivity index (χ1n) is 6.64. The van der Waals surface area contributed by atoms with E-state index in [0.29, 0.717) is 6.61 Å². The molecule has 0 heterocycles. The molecule has 0 aliphatic rings. The highest BCUT2D eigenvalue weighted by Gasteiger charge is 2.04. The predicted molar refractivity (Wildman–Crippen MR) is 80.8 cm³/mol. The van der Waals surface area contributed by atoms with E-state index in [1.807, 2.05) is 48.6 Å². The van der Waals surface area contributed by atoms with E-state index in [9.17, 15) is 4.79 Å². The molecule has 0 spiro atoms. The first-order chi connectivity index (χ1) is 9.76. The minimum absolute atomic E-state index is 0.207. The van der Waals surface area contributed by atoms with Gasteiger partial charge in [0.1, 0.15) is 5.75 Å². The van der Waals surface area contributed by atoms with Crippen molar-refractivity contribution in [3.63, 3.8) is 0 Å². The second-order valence-electron chi connectivity index (χ2n) is 4.31. The molecule has 0 N–H and O–H groups in total. The zero-order chi connectivity index (χ0) is 14.4. The standard InChI is InChI=1S/C17H18O3/c1-3-20-17(18)10-6-7-13-11-12-16(19-2)15-9-5-4-8-14(13)15/h4-9,11-12H,3,10H2,1-2H3. The summed E-state index contributed by atoms with van der Waals surface area (Å²) >= 11 is 0. The maximum atomic E-state index is 11.3. The highest BCUT2D eigenvalue weighted by atomic mass is 16.5. The van der Waals surface area contributed by atoms with Gasteiger partial charge in [0, 0.05) is 5.39 Å². The third kappa shape index (κ3) is 3.18. The largest absolute Gasteiger partial charge is 0.496 e. The van der Waals surface area contributed by atoms with Crippen LogP contribution in [0.2, 0.25) is 0 Å². The van der Waals surface area contributed by atoms with Crippen LogP contribution in [-0.2, 0) is 9.53 Å². The molecule has 2 aromatic carbocycles. The Morgan fingerprint density at radius 1 is 1.15 bits per heavy atom. The Hall–Kier alpha value is -2.29. The maximum Gasteiger partial charge on any atom is 0.309 e. The summed E-state index contributed by atoms with van der Waals surface area (Å²) in [6, 6.07) is 12.0. The number of esters is 1. The summed E-state index contributed by atoms with van der Waals surface area (Å²) in [4.78, 5) is 11.3. The quantitative estimate of drug-likeness (QED) is 0.775. The molecule has 2 aromatic rings. The van der Waals surface area contributed by atoms with E-state index in [-0.39, 0.29) is 12.4 Å². The van der Waals surface area contributed by atoms with Crippen LogP contribution in [0.1, 0.15) is 18.9 Å². The molecule has 0 saturated carbocycles. The molecule has 0 radical (unpaired) electrons. The van der Waals surface area contributed by atoms with Crippen LogP contribution in [0.3, 0.4) is 0 Å². The summed E-state index contributed by atoms with van der Waals surface area (Å²) < 4.78 is 10.3. The van der Waals surface area contributed by atoms with Crippen LogP contribution in [0, 0.1) is 0 Å². The topological polar surface area (TPSA) is 35.5 Å². The number of carbonyl (C=O) groups excluding carboxylic acids is 1. The Morgan fingerprint density at radius 3 is 2.60 bits per heavy atom. The number of benzene rings is 2. The van der Waals surface area contributed by atoms with Gasteiger partial charge >= 0.3 is 5.97 Å². The van der Waals surface area contributed by atoms with Gasteiger partial charge < -0.3 is 9.47 Å². The van der Waals surface area contributed by atoms with Crippen molar-refractivity contribution >= 4 is 22.8 Å². The molecule has 2 rings (SSSR count). The van der Waals surface area contributed by atoms with Crippen LogP contribution in [-0.4, -0.2) is 19.7 Å². The number of carbonyl (C=O) groups is 1. The molecule has 0 aliphatic heterocycles. The Balaban J connectivity index is 2.27. The van der Waals surface area contributed by atoms with Crippen molar-refractivity contribution in [2.24, 2.45) is 0 Å². The summed E-state index contributed by atoms with van der Waals surface area (Å²) in [7, 11) is 1.66. The van der Waals surface area contributed by atoms with Gasteiger partial charge in [0.15, 0.2) is 0 Å². The molecule has 0 aromatic heterocycles. The molecular weight excluding hydrogens is 252 g/mol. The Labute approximate surface area is 118 Å². The van der Waals surface area contributed by atoms with Crippen LogP contribution in [0.25, 0.3) is 16.8 Å². The van der Waals surface area contributed by atoms with Crippen LogP contribution < -0.4 is 4.74 Å². The van der Waals surface area contributed by atoms with Crippen molar-refractivity contribution in [2.75, 3.05) is 13.7 Å². The van der Waals surface area contributed by atoms with Gasteiger partial charge in [0.05, 0.1) is 20.1 Å². The SMILES string of the molecule is CCOC(=O)CC=Cc1ccc(OC)c2ccccc12. The van der Waals surface area contributed by atoms with Gasteiger partial charge in [-0.25, -0.2) is 0 Å². The highest BCUT2D eigenvalue weighted by molar-refractivity contribution is 5.95. The van der Waals surface area contributed by atoms with Crippen LogP contribution in [0.5, 0.6) is 5.75 Å². The molecule has 0 bridgehead atoms. The van der Waals surface area contributed by atoms with Crippen molar-refractivity contribution < 1.29 is 14.3 Å². The summed E-state index contributed by atoms with van der Waals surface area (Å²) in [6.45, 7) is 2.22. The summed E-state index contributed by atoms with van der Waals surface area (Å²) in [5, 5.41) is 2.17. The molecule has 20 heavy (non-hydrogen) atoms. The monoisotopic (exact) mass is 270 g/mol. The molecule has 0 unspecified atom stereocenters. The van der Waals surface area contributed by atoms with E-state index < -0.39 is 0 Å². The third-order valence-electron chi connectivity index (χ3n) is 3.02. The lowest BCUT2D eigenvalue weighted by atomic mass is 10.0. The van der Waals surface area contributed by atoms with Crippen molar-refractivity contribution in [1.82, 2.24) is 0 Å². The number of fused-ring (bicyclic) bond motifs is 1. The van der Waals surface area contributed by atoms with Crippen LogP contribution in [0.15, 0.2) is 42.5 Å². The van der Waals surface area contributed by atoms with Crippen LogP contribution in [0.4, 0.5) is 0 Å². The average Bonchev–Trinajstić information content (AvgIpc) is 2.47. The van der Waals surface area contributed by atoms with Gasteiger partial charge in [-0.3, -0.25) is 4.79 Å². The van der Waals surface area contributed by atoms with Gasteiger partial charge in [-0.05, 0) is 23.9 Å². The first kappa shape index (κ1) is 14.1. The van der Waals surface area contributed by atoms with E-state index >= 15 is 0 Å². The fourth-order valence-corrected chi connectivity index (χ4v) is 2.12. The van der Waals surface area contributed by atoms with Crippen LogP contribution >= 0.6 is 0 Å². The zero-order valence-corrected chi connectivity index (χ0v) is 11.8.